The monoisotopic (exact) mass is 449 g/mol. The van der Waals surface area contributed by atoms with Crippen LogP contribution in [0, 0.1) is 12.7 Å². The molecule has 0 aliphatic heterocycles. The van der Waals surface area contributed by atoms with E-state index in [4.69, 9.17) is 4.74 Å². The van der Waals surface area contributed by atoms with Crippen LogP contribution in [0.5, 0.6) is 5.75 Å². The van der Waals surface area contributed by atoms with Gasteiger partial charge in [0.1, 0.15) is 18.2 Å². The lowest BCUT2D eigenvalue weighted by Crippen LogP contribution is -2.05. The van der Waals surface area contributed by atoms with Crippen molar-refractivity contribution < 1.29 is 9.13 Å². The van der Waals surface area contributed by atoms with Gasteiger partial charge in [-0.3, -0.25) is 0 Å². The van der Waals surface area contributed by atoms with Crippen molar-refractivity contribution >= 4 is 32.4 Å². The quantitative estimate of drug-likeness (QED) is 0.334. The average molecular weight is 450 g/mol. The minimum Gasteiger partial charge on any atom is -0.489 e. The highest BCUT2D eigenvalue weighted by Crippen LogP contribution is 2.30. The number of rotatable bonds is 6. The third-order valence-corrected chi connectivity index (χ3v) is 5.44. The van der Waals surface area contributed by atoms with E-state index in [9.17, 15) is 4.39 Å². The zero-order valence-electron chi connectivity index (χ0n) is 16.1. The molecular formula is C25H21BrFNO. The summed E-state index contributed by atoms with van der Waals surface area (Å²) >= 11 is 3.51. The second-order valence-electron chi connectivity index (χ2n) is 6.99. The Bertz CT molecular complexity index is 1140. The number of ether oxygens (including phenoxy) is 1. The fourth-order valence-corrected chi connectivity index (χ4v) is 3.86. The molecule has 0 spiro atoms. The van der Waals surface area contributed by atoms with Crippen LogP contribution >= 0.6 is 15.9 Å². The van der Waals surface area contributed by atoms with Gasteiger partial charge in [0.05, 0.1) is 0 Å². The molecule has 0 unspecified atom stereocenters. The zero-order chi connectivity index (χ0) is 20.2. The summed E-state index contributed by atoms with van der Waals surface area (Å²) in [6, 6.07) is 25.0. The van der Waals surface area contributed by atoms with E-state index in [0.717, 1.165) is 32.4 Å². The van der Waals surface area contributed by atoms with Crippen LogP contribution in [-0.4, -0.2) is 0 Å². The van der Waals surface area contributed by atoms with Crippen molar-refractivity contribution in [3.63, 3.8) is 0 Å². The highest BCUT2D eigenvalue weighted by molar-refractivity contribution is 9.10. The molecule has 1 N–H and O–H groups in total. The molecule has 0 aromatic heterocycles. The van der Waals surface area contributed by atoms with Crippen LogP contribution in [0.25, 0.3) is 10.8 Å². The lowest BCUT2D eigenvalue weighted by molar-refractivity contribution is 0.303. The Morgan fingerprint density at radius 2 is 1.72 bits per heavy atom. The molecule has 4 rings (SSSR count). The van der Waals surface area contributed by atoms with E-state index in [1.54, 1.807) is 12.1 Å². The predicted octanol–water partition coefficient (Wildman–Crippen LogP) is 7.24. The van der Waals surface area contributed by atoms with Crippen molar-refractivity contribution in [2.45, 2.75) is 20.1 Å². The summed E-state index contributed by atoms with van der Waals surface area (Å²) in [4.78, 5) is 0. The maximum absolute atomic E-state index is 13.2. The van der Waals surface area contributed by atoms with Gasteiger partial charge in [-0.15, -0.1) is 0 Å². The second kappa shape index (κ2) is 8.66. The molecular weight excluding hydrogens is 429 g/mol. The first-order chi connectivity index (χ1) is 14.1. The van der Waals surface area contributed by atoms with Crippen molar-refractivity contribution in [1.29, 1.82) is 0 Å². The van der Waals surface area contributed by atoms with Crippen molar-refractivity contribution in [2.75, 3.05) is 5.32 Å². The maximum atomic E-state index is 13.2. The first-order valence-electron chi connectivity index (χ1n) is 9.48. The highest BCUT2D eigenvalue weighted by Gasteiger charge is 2.10. The molecule has 2 nitrogen and oxygen atoms in total. The van der Waals surface area contributed by atoms with Crippen LogP contribution in [0.3, 0.4) is 0 Å². The van der Waals surface area contributed by atoms with Gasteiger partial charge in [-0.25, -0.2) is 4.39 Å². The molecule has 0 saturated carbocycles. The molecule has 0 amide bonds. The summed E-state index contributed by atoms with van der Waals surface area (Å²) in [5.74, 6) is 0.588. The number of hydrogen-bond donors (Lipinski definition) is 1. The second-order valence-corrected chi connectivity index (χ2v) is 7.91. The maximum Gasteiger partial charge on any atom is 0.125 e. The molecule has 4 aromatic carbocycles. The first kappa shape index (κ1) is 19.5. The van der Waals surface area contributed by atoms with Crippen molar-refractivity contribution in [3.8, 4) is 5.75 Å². The molecule has 29 heavy (non-hydrogen) atoms. The van der Waals surface area contributed by atoms with Gasteiger partial charge in [-0.05, 0) is 65.2 Å². The molecule has 146 valence electrons. The van der Waals surface area contributed by atoms with E-state index in [-0.39, 0.29) is 5.82 Å². The van der Waals surface area contributed by atoms with Crippen LogP contribution in [0.15, 0.2) is 83.3 Å². The Morgan fingerprint density at radius 3 is 2.52 bits per heavy atom. The number of anilines is 1. The molecule has 0 bridgehead atoms. The van der Waals surface area contributed by atoms with Crippen LogP contribution in [-0.2, 0) is 13.2 Å². The Morgan fingerprint density at radius 1 is 0.931 bits per heavy atom. The van der Waals surface area contributed by atoms with E-state index in [2.05, 4.69) is 58.5 Å². The molecule has 0 saturated heterocycles. The Hall–Kier alpha value is -2.85. The van der Waals surface area contributed by atoms with E-state index < -0.39 is 0 Å². The van der Waals surface area contributed by atoms with E-state index in [0.29, 0.717) is 13.2 Å². The van der Waals surface area contributed by atoms with E-state index >= 15 is 0 Å². The number of halogens is 2. The van der Waals surface area contributed by atoms with Gasteiger partial charge in [0, 0.05) is 22.3 Å². The largest absolute Gasteiger partial charge is 0.489 e. The third-order valence-electron chi connectivity index (χ3n) is 4.95. The molecule has 4 heteroatoms. The fourth-order valence-electron chi connectivity index (χ4n) is 3.38. The van der Waals surface area contributed by atoms with Gasteiger partial charge in [0.15, 0.2) is 0 Å². The molecule has 0 aliphatic rings. The molecule has 0 heterocycles. The van der Waals surface area contributed by atoms with Gasteiger partial charge in [0.2, 0.25) is 0 Å². The van der Waals surface area contributed by atoms with Gasteiger partial charge in [-0.2, -0.15) is 0 Å². The number of hydrogen-bond acceptors (Lipinski definition) is 2. The number of fused-ring (bicyclic) bond motifs is 1. The standard InChI is InChI=1S/C25H21BrFNO/c1-17-14-20(26)9-12-24(17)28-15-23-22-5-3-2-4-19(22)8-13-25(23)29-16-18-6-10-21(27)11-7-18/h2-14,28H,15-16H2,1H3. The smallest absolute Gasteiger partial charge is 0.125 e. The SMILES string of the molecule is Cc1cc(Br)ccc1NCc1c(OCc2ccc(F)cc2)ccc2ccccc12. The van der Waals surface area contributed by atoms with E-state index in [1.165, 1.54) is 23.1 Å². The zero-order valence-corrected chi connectivity index (χ0v) is 17.7. The molecule has 0 atom stereocenters. The topological polar surface area (TPSA) is 21.3 Å². The number of aryl methyl sites for hydroxylation is 1. The van der Waals surface area contributed by atoms with Gasteiger partial charge >= 0.3 is 0 Å². The lowest BCUT2D eigenvalue weighted by atomic mass is 10.0. The predicted molar refractivity (Wildman–Crippen MR) is 121 cm³/mol. The van der Waals surface area contributed by atoms with E-state index in [1.807, 2.05) is 24.3 Å². The minimum absolute atomic E-state index is 0.241. The molecule has 4 aromatic rings. The Labute approximate surface area is 178 Å². The lowest BCUT2D eigenvalue weighted by Gasteiger charge is -2.17. The molecule has 0 aliphatic carbocycles. The van der Waals surface area contributed by atoms with Crippen LogP contribution in [0.4, 0.5) is 10.1 Å². The third kappa shape index (κ3) is 4.60. The fraction of sp³-hybridized carbons (Fsp3) is 0.120. The highest BCUT2D eigenvalue weighted by atomic mass is 79.9. The van der Waals surface area contributed by atoms with Crippen LogP contribution < -0.4 is 10.1 Å². The van der Waals surface area contributed by atoms with Crippen molar-refractivity contribution in [3.05, 3.63) is 106 Å². The Kier molecular flexibility index (Phi) is 5.81. The number of nitrogens with one attached hydrogen (secondary N) is 1. The summed E-state index contributed by atoms with van der Waals surface area (Å²) in [5.41, 5.74) is 4.30. The van der Waals surface area contributed by atoms with Gasteiger partial charge in [0.25, 0.3) is 0 Å². The summed E-state index contributed by atoms with van der Waals surface area (Å²) in [5, 5.41) is 5.88. The normalized spacial score (nSPS) is 10.9. The van der Waals surface area contributed by atoms with Crippen LogP contribution in [0.2, 0.25) is 0 Å². The van der Waals surface area contributed by atoms with Gasteiger partial charge in [-0.1, -0.05) is 58.4 Å². The van der Waals surface area contributed by atoms with Crippen LogP contribution in [0.1, 0.15) is 16.7 Å². The van der Waals surface area contributed by atoms with Crippen molar-refractivity contribution in [1.82, 2.24) is 0 Å². The summed E-state index contributed by atoms with van der Waals surface area (Å²) < 4.78 is 20.4. The summed E-state index contributed by atoms with van der Waals surface area (Å²) in [6.45, 7) is 3.12. The summed E-state index contributed by atoms with van der Waals surface area (Å²) in [6.07, 6.45) is 0. The Balaban J connectivity index is 1.62. The first-order valence-corrected chi connectivity index (χ1v) is 10.3. The van der Waals surface area contributed by atoms with Crippen molar-refractivity contribution in [2.24, 2.45) is 0 Å². The average Bonchev–Trinajstić information content (AvgIpc) is 2.73. The summed E-state index contributed by atoms with van der Waals surface area (Å²) in [7, 11) is 0. The number of benzene rings is 4. The minimum atomic E-state index is -0.241. The molecule has 0 radical (unpaired) electrons. The molecule has 0 fully saturated rings. The van der Waals surface area contributed by atoms with Gasteiger partial charge < -0.3 is 10.1 Å².